The van der Waals surface area contributed by atoms with E-state index in [1.165, 1.54) is 16.8 Å². The van der Waals surface area contributed by atoms with Crippen molar-refractivity contribution in [3.05, 3.63) is 29.3 Å². The van der Waals surface area contributed by atoms with Gasteiger partial charge >= 0.3 is 0 Å². The largest absolute Gasteiger partial charge is 0.383 e. The van der Waals surface area contributed by atoms with Gasteiger partial charge in [0.2, 0.25) is 0 Å². The average Bonchev–Trinajstić information content (AvgIpc) is 2.39. The quantitative estimate of drug-likeness (QED) is 0.725. The van der Waals surface area contributed by atoms with Gasteiger partial charge in [-0.25, -0.2) is 0 Å². The van der Waals surface area contributed by atoms with Gasteiger partial charge in [-0.05, 0) is 24.1 Å². The molecule has 1 rings (SSSR count). The van der Waals surface area contributed by atoms with Crippen molar-refractivity contribution in [3.63, 3.8) is 0 Å². The second-order valence-corrected chi connectivity index (χ2v) is 4.70. The highest BCUT2D eigenvalue weighted by molar-refractivity contribution is 9.08. The van der Waals surface area contributed by atoms with Crippen LogP contribution in [-0.2, 0) is 10.1 Å². The third-order valence-corrected chi connectivity index (χ3v) is 3.46. The summed E-state index contributed by atoms with van der Waals surface area (Å²) in [5.41, 5.74) is 3.69. The Bertz CT molecular complexity index is 415. The second kappa shape index (κ2) is 8.12. The maximum absolute atomic E-state index is 8.72. The lowest BCUT2D eigenvalue weighted by Gasteiger charge is -2.25. The number of hydrogen-bond acceptors (Lipinski definition) is 3. The first-order valence-electron chi connectivity index (χ1n) is 5.99. The van der Waals surface area contributed by atoms with E-state index in [1.54, 1.807) is 7.11 Å². The zero-order valence-electron chi connectivity index (χ0n) is 10.9. The van der Waals surface area contributed by atoms with Crippen LogP contribution in [0.4, 0.5) is 5.69 Å². The van der Waals surface area contributed by atoms with Crippen molar-refractivity contribution in [1.29, 1.82) is 5.26 Å². The normalized spacial score (nSPS) is 10.1. The van der Waals surface area contributed by atoms with Crippen LogP contribution in [0, 0.1) is 18.3 Å². The van der Waals surface area contributed by atoms with Crippen LogP contribution in [-0.4, -0.2) is 26.8 Å². The summed E-state index contributed by atoms with van der Waals surface area (Å²) < 4.78 is 5.13. The fourth-order valence-electron chi connectivity index (χ4n) is 1.89. The number of halogens is 1. The Morgan fingerprint density at radius 1 is 1.39 bits per heavy atom. The molecule has 0 saturated carbocycles. The number of anilines is 1. The number of ether oxygens (including phenoxy) is 1. The average molecular weight is 311 g/mol. The molecule has 0 spiro atoms. The zero-order valence-corrected chi connectivity index (χ0v) is 12.5. The smallest absolute Gasteiger partial charge is 0.0640 e. The standard InChI is InChI=1S/C14H19BrN2O/c1-12-10-13(11-15)4-5-14(12)17(7-3-6-16)8-9-18-2/h4-5,10H,3,7-9,11H2,1-2H3. The third kappa shape index (κ3) is 4.32. The molecule has 98 valence electrons. The number of nitrogens with zero attached hydrogens (tertiary/aromatic N) is 2. The van der Waals surface area contributed by atoms with Crippen molar-refractivity contribution >= 4 is 21.6 Å². The van der Waals surface area contributed by atoms with E-state index in [1.807, 2.05) is 0 Å². The first-order chi connectivity index (χ1) is 8.72. The molecule has 0 heterocycles. The number of hydrogen-bond donors (Lipinski definition) is 0. The Morgan fingerprint density at radius 3 is 2.72 bits per heavy atom. The number of nitriles is 1. The van der Waals surface area contributed by atoms with E-state index in [4.69, 9.17) is 10.00 Å². The van der Waals surface area contributed by atoms with Crippen molar-refractivity contribution in [3.8, 4) is 6.07 Å². The fourth-order valence-corrected chi connectivity index (χ4v) is 2.24. The zero-order chi connectivity index (χ0) is 13.4. The maximum Gasteiger partial charge on any atom is 0.0640 e. The molecule has 0 aliphatic carbocycles. The molecular weight excluding hydrogens is 292 g/mol. The molecular formula is C14H19BrN2O. The lowest BCUT2D eigenvalue weighted by Crippen LogP contribution is -2.28. The van der Waals surface area contributed by atoms with Crippen molar-refractivity contribution in [2.75, 3.05) is 31.7 Å². The summed E-state index contributed by atoms with van der Waals surface area (Å²) in [6.07, 6.45) is 0.531. The van der Waals surface area contributed by atoms with Crippen LogP contribution in [0.3, 0.4) is 0 Å². The molecule has 0 aromatic heterocycles. The van der Waals surface area contributed by atoms with Crippen molar-refractivity contribution in [2.45, 2.75) is 18.7 Å². The summed E-state index contributed by atoms with van der Waals surface area (Å²) in [6, 6.07) is 8.61. The first kappa shape index (κ1) is 15.0. The molecule has 1 aromatic carbocycles. The van der Waals surface area contributed by atoms with Crippen LogP contribution < -0.4 is 4.90 Å². The van der Waals surface area contributed by atoms with Gasteiger partial charge in [-0.1, -0.05) is 28.1 Å². The van der Waals surface area contributed by atoms with Gasteiger partial charge in [0.1, 0.15) is 0 Å². The summed E-state index contributed by atoms with van der Waals surface area (Å²) in [5, 5.41) is 9.59. The third-order valence-electron chi connectivity index (χ3n) is 2.82. The van der Waals surface area contributed by atoms with Crippen LogP contribution >= 0.6 is 15.9 Å². The Kier molecular flexibility index (Phi) is 6.77. The van der Waals surface area contributed by atoms with Gasteiger partial charge < -0.3 is 9.64 Å². The summed E-state index contributed by atoms with van der Waals surface area (Å²) in [7, 11) is 1.70. The van der Waals surface area contributed by atoms with E-state index in [0.717, 1.165) is 18.4 Å². The molecule has 3 nitrogen and oxygen atoms in total. The van der Waals surface area contributed by atoms with Crippen molar-refractivity contribution in [2.24, 2.45) is 0 Å². The van der Waals surface area contributed by atoms with Crippen LogP contribution in [0.1, 0.15) is 17.5 Å². The molecule has 0 aliphatic rings. The molecule has 0 radical (unpaired) electrons. The van der Waals surface area contributed by atoms with Crippen LogP contribution in [0.5, 0.6) is 0 Å². The van der Waals surface area contributed by atoms with E-state index in [-0.39, 0.29) is 0 Å². The summed E-state index contributed by atoms with van der Waals surface area (Å²) in [6.45, 7) is 4.33. The van der Waals surface area contributed by atoms with E-state index in [9.17, 15) is 0 Å². The molecule has 0 bridgehead atoms. The number of aryl methyl sites for hydroxylation is 1. The maximum atomic E-state index is 8.72. The molecule has 0 amide bonds. The Hall–Kier alpha value is -1.05. The molecule has 0 N–H and O–H groups in total. The molecule has 0 aliphatic heterocycles. The van der Waals surface area contributed by atoms with Gasteiger partial charge in [0.15, 0.2) is 0 Å². The second-order valence-electron chi connectivity index (χ2n) is 4.14. The summed E-state index contributed by atoms with van der Waals surface area (Å²) in [5.74, 6) is 0. The predicted molar refractivity (Wildman–Crippen MR) is 78.1 cm³/mol. The molecule has 4 heteroatoms. The van der Waals surface area contributed by atoms with E-state index < -0.39 is 0 Å². The van der Waals surface area contributed by atoms with Crippen LogP contribution in [0.2, 0.25) is 0 Å². The summed E-state index contributed by atoms with van der Waals surface area (Å²) in [4.78, 5) is 2.21. The molecule has 0 saturated heterocycles. The highest BCUT2D eigenvalue weighted by Crippen LogP contribution is 2.22. The monoisotopic (exact) mass is 310 g/mol. The summed E-state index contributed by atoms with van der Waals surface area (Å²) >= 11 is 3.46. The van der Waals surface area contributed by atoms with E-state index in [0.29, 0.717) is 13.0 Å². The van der Waals surface area contributed by atoms with Gasteiger partial charge in [-0.15, -0.1) is 0 Å². The number of benzene rings is 1. The van der Waals surface area contributed by atoms with E-state index >= 15 is 0 Å². The van der Waals surface area contributed by atoms with Crippen molar-refractivity contribution in [1.82, 2.24) is 0 Å². The Labute approximate surface area is 117 Å². The lowest BCUT2D eigenvalue weighted by atomic mass is 10.1. The highest BCUT2D eigenvalue weighted by Gasteiger charge is 2.09. The van der Waals surface area contributed by atoms with Gasteiger partial charge in [-0.2, -0.15) is 5.26 Å². The van der Waals surface area contributed by atoms with Crippen LogP contribution in [0.25, 0.3) is 0 Å². The minimum Gasteiger partial charge on any atom is -0.383 e. The molecule has 0 atom stereocenters. The van der Waals surface area contributed by atoms with Crippen LogP contribution in [0.15, 0.2) is 18.2 Å². The minimum atomic E-state index is 0.531. The number of methoxy groups -OCH3 is 1. The molecule has 18 heavy (non-hydrogen) atoms. The van der Waals surface area contributed by atoms with Gasteiger partial charge in [0, 0.05) is 31.2 Å². The van der Waals surface area contributed by atoms with Gasteiger partial charge in [0.25, 0.3) is 0 Å². The number of rotatable bonds is 7. The topological polar surface area (TPSA) is 36.3 Å². The Morgan fingerprint density at radius 2 is 2.17 bits per heavy atom. The lowest BCUT2D eigenvalue weighted by molar-refractivity contribution is 0.205. The molecule has 0 unspecified atom stereocenters. The number of alkyl halides is 1. The van der Waals surface area contributed by atoms with Gasteiger partial charge in [-0.3, -0.25) is 0 Å². The van der Waals surface area contributed by atoms with Crippen molar-refractivity contribution < 1.29 is 4.74 Å². The first-order valence-corrected chi connectivity index (χ1v) is 7.11. The fraction of sp³-hybridized carbons (Fsp3) is 0.500. The van der Waals surface area contributed by atoms with E-state index in [2.05, 4.69) is 52.0 Å². The highest BCUT2D eigenvalue weighted by atomic mass is 79.9. The minimum absolute atomic E-state index is 0.531. The SMILES string of the molecule is COCCN(CCC#N)c1ccc(CBr)cc1C. The molecule has 1 aromatic rings. The Balaban J connectivity index is 2.86. The predicted octanol–water partition coefficient (Wildman–Crippen LogP) is 3.26. The molecule has 0 fully saturated rings. The van der Waals surface area contributed by atoms with Gasteiger partial charge in [0.05, 0.1) is 19.1 Å².